The Bertz CT molecular complexity index is 651. The largest absolute Gasteiger partial charge is 0.377 e. The number of anilines is 1. The van der Waals surface area contributed by atoms with Crippen molar-refractivity contribution < 1.29 is 4.79 Å². The van der Waals surface area contributed by atoms with Crippen molar-refractivity contribution in [3.8, 4) is 0 Å². The predicted molar refractivity (Wildman–Crippen MR) is 84.7 cm³/mol. The van der Waals surface area contributed by atoms with Gasteiger partial charge in [-0.15, -0.1) is 0 Å². The van der Waals surface area contributed by atoms with E-state index in [-0.39, 0.29) is 11.9 Å². The van der Waals surface area contributed by atoms with Crippen molar-refractivity contribution in [2.45, 2.75) is 13.0 Å². The third-order valence-electron chi connectivity index (χ3n) is 3.29. The first-order chi connectivity index (χ1) is 9.90. The van der Waals surface area contributed by atoms with Gasteiger partial charge in [-0.25, -0.2) is 0 Å². The van der Waals surface area contributed by atoms with Crippen LogP contribution >= 0.6 is 11.6 Å². The summed E-state index contributed by atoms with van der Waals surface area (Å²) < 4.78 is 1.82. The van der Waals surface area contributed by atoms with Crippen LogP contribution in [0.3, 0.4) is 0 Å². The summed E-state index contributed by atoms with van der Waals surface area (Å²) in [5.74, 6) is -0.114. The minimum atomic E-state index is -0.114. The van der Waals surface area contributed by atoms with Crippen LogP contribution in [0.5, 0.6) is 0 Å². The molecule has 2 rings (SSSR count). The molecular weight excluding hydrogens is 288 g/mol. The van der Waals surface area contributed by atoms with Gasteiger partial charge in [-0.1, -0.05) is 11.6 Å². The highest BCUT2D eigenvalue weighted by Gasteiger charge is 2.15. The highest BCUT2D eigenvalue weighted by molar-refractivity contribution is 6.34. The number of carbonyl (C=O) groups excluding carboxylic acids is 1. The number of nitrogens with zero attached hydrogens (tertiary/aromatic N) is 3. The molecule has 21 heavy (non-hydrogen) atoms. The molecule has 0 aliphatic heterocycles. The number of amides is 1. The maximum absolute atomic E-state index is 12.1. The molecule has 1 atom stereocenters. The number of hydrogen-bond acceptors (Lipinski definition) is 3. The maximum atomic E-state index is 12.1. The molecular formula is C15H19ClN4O. The predicted octanol–water partition coefficient (Wildman–Crippen LogP) is 2.95. The molecule has 2 aromatic rings. The van der Waals surface area contributed by atoms with Gasteiger partial charge < -0.3 is 10.2 Å². The molecule has 0 bridgehead atoms. The van der Waals surface area contributed by atoms with Gasteiger partial charge in [0.1, 0.15) is 0 Å². The Hall–Kier alpha value is -2.01. The summed E-state index contributed by atoms with van der Waals surface area (Å²) in [5.41, 5.74) is 2.40. The van der Waals surface area contributed by atoms with Crippen LogP contribution in [0.1, 0.15) is 29.0 Å². The molecule has 0 saturated heterocycles. The fraction of sp³-hybridized carbons (Fsp3) is 0.333. The average Bonchev–Trinajstić information content (AvgIpc) is 2.86. The van der Waals surface area contributed by atoms with Crippen molar-refractivity contribution in [2.24, 2.45) is 7.05 Å². The molecule has 5 nitrogen and oxygen atoms in total. The molecule has 6 heteroatoms. The van der Waals surface area contributed by atoms with E-state index in [9.17, 15) is 4.79 Å². The SMILES string of the molecule is CC(Nc1ccc(Cl)c(C(=O)N(C)C)c1)c1ccnn1C. The van der Waals surface area contributed by atoms with E-state index in [2.05, 4.69) is 10.4 Å². The molecule has 1 N–H and O–H groups in total. The van der Waals surface area contributed by atoms with Crippen molar-refractivity contribution in [1.82, 2.24) is 14.7 Å². The van der Waals surface area contributed by atoms with Crippen LogP contribution in [-0.2, 0) is 7.05 Å². The Morgan fingerprint density at radius 1 is 1.38 bits per heavy atom. The van der Waals surface area contributed by atoms with Gasteiger partial charge in [-0.05, 0) is 31.2 Å². The number of hydrogen-bond donors (Lipinski definition) is 1. The third kappa shape index (κ3) is 3.36. The Morgan fingerprint density at radius 2 is 2.10 bits per heavy atom. The molecule has 112 valence electrons. The van der Waals surface area contributed by atoms with Crippen LogP contribution in [0.25, 0.3) is 0 Å². The molecule has 1 aromatic carbocycles. The quantitative estimate of drug-likeness (QED) is 0.945. The Balaban J connectivity index is 2.24. The maximum Gasteiger partial charge on any atom is 0.254 e. The molecule has 1 amide bonds. The lowest BCUT2D eigenvalue weighted by Crippen LogP contribution is -2.22. The minimum Gasteiger partial charge on any atom is -0.377 e. The smallest absolute Gasteiger partial charge is 0.254 e. The molecule has 1 aromatic heterocycles. The Kier molecular flexibility index (Phi) is 4.53. The van der Waals surface area contributed by atoms with Gasteiger partial charge >= 0.3 is 0 Å². The number of benzene rings is 1. The topological polar surface area (TPSA) is 50.2 Å². The van der Waals surface area contributed by atoms with E-state index in [0.717, 1.165) is 11.4 Å². The Labute approximate surface area is 129 Å². The second-order valence-corrected chi connectivity index (χ2v) is 5.55. The van der Waals surface area contributed by atoms with Crippen molar-refractivity contribution in [3.63, 3.8) is 0 Å². The lowest BCUT2D eigenvalue weighted by molar-refractivity contribution is 0.0828. The molecule has 0 aliphatic rings. The summed E-state index contributed by atoms with van der Waals surface area (Å²) in [6.45, 7) is 2.04. The zero-order chi connectivity index (χ0) is 15.6. The lowest BCUT2D eigenvalue weighted by Gasteiger charge is -2.17. The van der Waals surface area contributed by atoms with Crippen LogP contribution in [0.15, 0.2) is 30.5 Å². The van der Waals surface area contributed by atoms with Crippen LogP contribution in [0, 0.1) is 0 Å². The van der Waals surface area contributed by atoms with Crippen molar-refractivity contribution in [3.05, 3.63) is 46.7 Å². The number of aryl methyl sites for hydroxylation is 1. The van der Waals surface area contributed by atoms with Crippen LogP contribution in [0.4, 0.5) is 5.69 Å². The third-order valence-corrected chi connectivity index (χ3v) is 3.62. The highest BCUT2D eigenvalue weighted by Crippen LogP contribution is 2.24. The fourth-order valence-corrected chi connectivity index (χ4v) is 2.35. The molecule has 1 unspecified atom stereocenters. The van der Waals surface area contributed by atoms with E-state index in [0.29, 0.717) is 10.6 Å². The van der Waals surface area contributed by atoms with Crippen molar-refractivity contribution >= 4 is 23.2 Å². The van der Waals surface area contributed by atoms with E-state index in [1.807, 2.05) is 30.8 Å². The first-order valence-corrected chi connectivity index (χ1v) is 7.03. The van der Waals surface area contributed by atoms with Crippen molar-refractivity contribution in [2.75, 3.05) is 19.4 Å². The van der Waals surface area contributed by atoms with Gasteiger partial charge in [0.05, 0.1) is 22.3 Å². The van der Waals surface area contributed by atoms with Gasteiger partial charge in [0, 0.05) is 33.0 Å². The van der Waals surface area contributed by atoms with Gasteiger partial charge in [0.2, 0.25) is 0 Å². The molecule has 0 spiro atoms. The highest BCUT2D eigenvalue weighted by atomic mass is 35.5. The van der Waals surface area contributed by atoms with E-state index in [1.165, 1.54) is 4.90 Å². The number of rotatable bonds is 4. The number of halogens is 1. The summed E-state index contributed by atoms with van der Waals surface area (Å²) in [4.78, 5) is 13.6. The molecule has 0 fully saturated rings. The van der Waals surface area contributed by atoms with Gasteiger partial charge in [0.25, 0.3) is 5.91 Å². The molecule has 0 saturated carbocycles. The molecule has 0 aliphatic carbocycles. The number of nitrogens with one attached hydrogen (secondary N) is 1. The summed E-state index contributed by atoms with van der Waals surface area (Å²) in [7, 11) is 5.31. The average molecular weight is 307 g/mol. The lowest BCUT2D eigenvalue weighted by atomic mass is 10.1. The summed E-state index contributed by atoms with van der Waals surface area (Å²) in [5, 5.41) is 7.96. The molecule has 1 heterocycles. The summed E-state index contributed by atoms with van der Waals surface area (Å²) >= 11 is 6.11. The van der Waals surface area contributed by atoms with E-state index in [1.54, 1.807) is 32.4 Å². The van der Waals surface area contributed by atoms with Gasteiger partial charge in [0.15, 0.2) is 0 Å². The van der Waals surface area contributed by atoms with Crippen LogP contribution in [0.2, 0.25) is 5.02 Å². The molecule has 0 radical (unpaired) electrons. The van der Waals surface area contributed by atoms with Gasteiger partial charge in [-0.2, -0.15) is 5.10 Å². The van der Waals surface area contributed by atoms with Crippen LogP contribution < -0.4 is 5.32 Å². The monoisotopic (exact) mass is 306 g/mol. The first kappa shape index (κ1) is 15.4. The summed E-state index contributed by atoms with van der Waals surface area (Å²) in [6, 6.07) is 7.40. The van der Waals surface area contributed by atoms with E-state index >= 15 is 0 Å². The van der Waals surface area contributed by atoms with E-state index in [4.69, 9.17) is 11.6 Å². The zero-order valence-electron chi connectivity index (χ0n) is 12.6. The second kappa shape index (κ2) is 6.18. The number of aromatic nitrogens is 2. The van der Waals surface area contributed by atoms with Gasteiger partial charge in [-0.3, -0.25) is 9.48 Å². The Morgan fingerprint density at radius 3 is 2.67 bits per heavy atom. The van der Waals surface area contributed by atoms with E-state index < -0.39 is 0 Å². The normalized spacial score (nSPS) is 12.0. The standard InChI is InChI=1S/C15H19ClN4O/c1-10(14-7-8-17-20(14)4)18-11-5-6-13(16)12(9-11)15(21)19(2)3/h5-10,18H,1-4H3. The first-order valence-electron chi connectivity index (χ1n) is 6.65. The second-order valence-electron chi connectivity index (χ2n) is 5.14. The summed E-state index contributed by atoms with van der Waals surface area (Å²) in [6.07, 6.45) is 1.76. The fourth-order valence-electron chi connectivity index (χ4n) is 2.15. The van der Waals surface area contributed by atoms with Crippen LogP contribution in [-0.4, -0.2) is 34.7 Å². The van der Waals surface area contributed by atoms with Crippen molar-refractivity contribution in [1.29, 1.82) is 0 Å². The minimum absolute atomic E-state index is 0.0704. The zero-order valence-corrected chi connectivity index (χ0v) is 13.3. The number of carbonyl (C=O) groups is 1.